The molecule has 1 aromatic rings. The summed E-state index contributed by atoms with van der Waals surface area (Å²) in [4.78, 5) is 27.9. The van der Waals surface area contributed by atoms with Crippen LogP contribution in [-0.2, 0) is 9.47 Å². The lowest BCUT2D eigenvalue weighted by atomic mass is 10.0. The van der Waals surface area contributed by atoms with Gasteiger partial charge in [-0.25, -0.2) is 9.59 Å². The van der Waals surface area contributed by atoms with Crippen LogP contribution in [0.4, 0.5) is 10.6 Å². The number of carbonyl (C=O) groups excluding carboxylic acids is 1. The number of anilines is 1. The topological polar surface area (TPSA) is 147 Å². The number of rotatable bonds is 10. The summed E-state index contributed by atoms with van der Waals surface area (Å²) >= 11 is 0. The molecule has 2 heterocycles. The highest BCUT2D eigenvalue weighted by atomic mass is 16.6. The molecule has 0 spiro atoms. The van der Waals surface area contributed by atoms with Crippen LogP contribution in [0.5, 0.6) is 0 Å². The van der Waals surface area contributed by atoms with E-state index in [0.29, 0.717) is 0 Å². The third-order valence-electron chi connectivity index (χ3n) is 4.68. The number of hydrogen-bond donors (Lipinski definition) is 3. The number of nitrogens with one attached hydrogen (secondary N) is 1. The van der Waals surface area contributed by atoms with Crippen molar-refractivity contribution in [2.75, 3.05) is 18.5 Å². The van der Waals surface area contributed by atoms with E-state index in [2.05, 4.69) is 29.4 Å². The zero-order valence-electron chi connectivity index (χ0n) is 16.9. The molecule has 0 radical (unpaired) electrons. The molecule has 1 fully saturated rings. The van der Waals surface area contributed by atoms with Crippen molar-refractivity contribution in [3.8, 4) is 6.07 Å². The van der Waals surface area contributed by atoms with Crippen molar-refractivity contribution >= 4 is 11.9 Å². The Bertz CT molecular complexity index is 818. The molecule has 10 nitrogen and oxygen atoms in total. The van der Waals surface area contributed by atoms with Crippen molar-refractivity contribution in [1.82, 2.24) is 9.55 Å². The van der Waals surface area contributed by atoms with Crippen LogP contribution in [-0.4, -0.2) is 51.3 Å². The first-order valence-electron chi connectivity index (χ1n) is 10.0. The van der Waals surface area contributed by atoms with E-state index in [0.717, 1.165) is 36.7 Å². The number of nitrogens with zero attached hydrogens (tertiary/aromatic N) is 3. The Labute approximate surface area is 174 Å². The lowest BCUT2D eigenvalue weighted by molar-refractivity contribution is -0.0469. The van der Waals surface area contributed by atoms with Gasteiger partial charge in [-0.05, 0) is 38.2 Å². The van der Waals surface area contributed by atoms with Gasteiger partial charge in [0.25, 0.3) is 0 Å². The van der Waals surface area contributed by atoms with Crippen molar-refractivity contribution < 1.29 is 24.5 Å². The summed E-state index contributed by atoms with van der Waals surface area (Å²) in [6, 6.07) is 3.24. The molecule has 4 atom stereocenters. The number of allylic oxidation sites excluding steroid dienone is 2. The lowest BCUT2D eigenvalue weighted by Gasteiger charge is -2.16. The fraction of sp³-hybridized carbons (Fsp3) is 0.600. The van der Waals surface area contributed by atoms with Crippen LogP contribution in [0.25, 0.3) is 0 Å². The van der Waals surface area contributed by atoms with Crippen molar-refractivity contribution in [2.45, 2.75) is 57.5 Å². The Kier molecular flexibility index (Phi) is 9.47. The van der Waals surface area contributed by atoms with E-state index >= 15 is 0 Å². The molecule has 1 saturated heterocycles. The number of amides is 1. The molecular weight excluding hydrogens is 392 g/mol. The number of aliphatic hydroxyl groups is 2. The molecule has 2 rings (SSSR count). The summed E-state index contributed by atoms with van der Waals surface area (Å²) in [5.74, 6) is -1.04. The van der Waals surface area contributed by atoms with Gasteiger partial charge in [-0.1, -0.05) is 19.1 Å². The number of unbranched alkanes of at least 4 members (excludes halogenated alkanes) is 3. The van der Waals surface area contributed by atoms with E-state index in [9.17, 15) is 25.1 Å². The number of nitriles is 1. The number of aromatic nitrogens is 2. The first kappa shape index (κ1) is 23.5. The van der Waals surface area contributed by atoms with E-state index in [1.165, 1.54) is 12.3 Å². The van der Waals surface area contributed by atoms with Gasteiger partial charge in [-0.2, -0.15) is 10.2 Å². The highest BCUT2D eigenvalue weighted by Gasteiger charge is 2.45. The minimum atomic E-state index is -1.23. The third kappa shape index (κ3) is 6.38. The average Bonchev–Trinajstić information content (AvgIpc) is 3.05. The third-order valence-corrected chi connectivity index (χ3v) is 4.68. The largest absolute Gasteiger partial charge is 0.449 e. The van der Waals surface area contributed by atoms with Crippen molar-refractivity contribution in [2.24, 2.45) is 5.92 Å². The second-order valence-corrected chi connectivity index (χ2v) is 6.89. The van der Waals surface area contributed by atoms with Crippen molar-refractivity contribution in [1.29, 1.82) is 5.26 Å². The Balaban J connectivity index is 1.84. The second-order valence-electron chi connectivity index (χ2n) is 6.89. The monoisotopic (exact) mass is 420 g/mol. The molecule has 1 amide bonds. The first-order chi connectivity index (χ1) is 14.5. The Morgan fingerprint density at radius 2 is 2.23 bits per heavy atom. The molecule has 0 aliphatic carbocycles. The van der Waals surface area contributed by atoms with Crippen LogP contribution in [0, 0.1) is 17.2 Å². The molecule has 3 N–H and O–H groups in total. The molecule has 0 aromatic carbocycles. The highest BCUT2D eigenvalue weighted by molar-refractivity contribution is 5.83. The minimum absolute atomic E-state index is 0.00304. The molecular formula is C20H28N4O6. The minimum Gasteiger partial charge on any atom is -0.449 e. The molecule has 164 valence electrons. The van der Waals surface area contributed by atoms with Crippen LogP contribution < -0.4 is 11.0 Å². The van der Waals surface area contributed by atoms with E-state index in [1.54, 1.807) is 0 Å². The van der Waals surface area contributed by atoms with Crippen LogP contribution in [0.3, 0.4) is 0 Å². The van der Waals surface area contributed by atoms with Gasteiger partial charge < -0.3 is 19.7 Å². The quantitative estimate of drug-likeness (QED) is 0.383. The van der Waals surface area contributed by atoms with E-state index < -0.39 is 42.7 Å². The van der Waals surface area contributed by atoms with Crippen molar-refractivity contribution in [3.05, 3.63) is 34.9 Å². The summed E-state index contributed by atoms with van der Waals surface area (Å²) < 4.78 is 11.5. The Hall–Kier alpha value is -2.74. The smallest absolute Gasteiger partial charge is 0.412 e. The van der Waals surface area contributed by atoms with Crippen LogP contribution in [0.15, 0.2) is 29.2 Å². The van der Waals surface area contributed by atoms with Gasteiger partial charge in [0.2, 0.25) is 0 Å². The molecule has 1 aliphatic heterocycles. The van der Waals surface area contributed by atoms with Crippen LogP contribution >= 0.6 is 0 Å². The van der Waals surface area contributed by atoms with Crippen LogP contribution in [0.1, 0.15) is 45.3 Å². The normalized spacial score (nSPS) is 23.4. The highest BCUT2D eigenvalue weighted by Crippen LogP contribution is 2.33. The summed E-state index contributed by atoms with van der Waals surface area (Å²) in [6.07, 6.45) is 6.31. The van der Waals surface area contributed by atoms with Gasteiger partial charge in [0.1, 0.15) is 23.9 Å². The maximum atomic E-state index is 12.3. The fourth-order valence-electron chi connectivity index (χ4n) is 3.08. The SMILES string of the molecule is CCC=CCCCCCOC(=O)Nc1ccn([C@@H]2O[C@H](CO)[C@@H](O)[C@@H]2C#N)c(=O)n1. The van der Waals surface area contributed by atoms with E-state index in [1.807, 2.05) is 6.07 Å². The molecule has 1 aromatic heterocycles. The lowest BCUT2D eigenvalue weighted by Crippen LogP contribution is -2.32. The molecule has 0 unspecified atom stereocenters. The fourth-order valence-corrected chi connectivity index (χ4v) is 3.08. The summed E-state index contributed by atoms with van der Waals surface area (Å²) in [7, 11) is 0. The maximum absolute atomic E-state index is 12.3. The van der Waals surface area contributed by atoms with Gasteiger partial charge in [-0.15, -0.1) is 0 Å². The van der Waals surface area contributed by atoms with Gasteiger partial charge in [-0.3, -0.25) is 9.88 Å². The zero-order chi connectivity index (χ0) is 21.9. The van der Waals surface area contributed by atoms with E-state index in [-0.39, 0.29) is 12.4 Å². The maximum Gasteiger partial charge on any atom is 0.412 e. The van der Waals surface area contributed by atoms with Gasteiger partial charge >= 0.3 is 11.8 Å². The number of hydrogen-bond acceptors (Lipinski definition) is 8. The predicted octanol–water partition coefficient (Wildman–Crippen LogP) is 1.71. The van der Waals surface area contributed by atoms with Crippen molar-refractivity contribution in [3.63, 3.8) is 0 Å². The first-order valence-corrected chi connectivity index (χ1v) is 10.0. The Morgan fingerprint density at radius 1 is 1.43 bits per heavy atom. The molecule has 1 aliphatic rings. The van der Waals surface area contributed by atoms with E-state index in [4.69, 9.17) is 9.47 Å². The Morgan fingerprint density at radius 3 is 2.90 bits per heavy atom. The summed E-state index contributed by atoms with van der Waals surface area (Å²) in [5.41, 5.74) is -0.774. The summed E-state index contributed by atoms with van der Waals surface area (Å²) in [5, 5.41) is 30.8. The molecule has 0 saturated carbocycles. The van der Waals surface area contributed by atoms with Gasteiger partial charge in [0.15, 0.2) is 6.23 Å². The molecule has 0 bridgehead atoms. The van der Waals surface area contributed by atoms with Crippen LogP contribution in [0.2, 0.25) is 0 Å². The molecule has 10 heteroatoms. The molecule has 30 heavy (non-hydrogen) atoms. The standard InChI is InChI=1S/C20H28N4O6/c1-2-3-4-5-6-7-8-11-29-20(28)23-16-9-10-24(19(27)22-16)18-14(12-21)17(26)15(13-25)30-18/h3-4,9-10,14-15,17-18,25-26H,2,5-8,11,13H2,1H3,(H,22,23,27,28)/t14-,15+,17-,18+/m0/s1. The number of ether oxygens (including phenoxy) is 2. The number of aliphatic hydroxyl groups excluding tert-OH is 2. The predicted molar refractivity (Wildman–Crippen MR) is 107 cm³/mol. The zero-order valence-corrected chi connectivity index (χ0v) is 16.9. The average molecular weight is 420 g/mol. The van der Waals surface area contributed by atoms with Gasteiger partial charge in [0.05, 0.1) is 19.3 Å². The number of carbonyl (C=O) groups is 1. The second kappa shape index (κ2) is 12.1. The summed E-state index contributed by atoms with van der Waals surface area (Å²) in [6.45, 7) is 1.86. The van der Waals surface area contributed by atoms with Gasteiger partial charge in [0, 0.05) is 6.20 Å².